The third kappa shape index (κ3) is 6.74. The van der Waals surface area contributed by atoms with Crippen molar-refractivity contribution in [2.45, 2.75) is 19.3 Å². The zero-order valence-corrected chi connectivity index (χ0v) is 23.8. The van der Waals surface area contributed by atoms with Crippen LogP contribution in [0.25, 0.3) is 11.2 Å². The average Bonchev–Trinajstić information content (AvgIpc) is 3.85. The highest BCUT2D eigenvalue weighted by Crippen LogP contribution is 2.47. The first kappa shape index (κ1) is 29.3. The van der Waals surface area contributed by atoms with Gasteiger partial charge in [-0.3, -0.25) is 14.5 Å². The van der Waals surface area contributed by atoms with Gasteiger partial charge in [0.25, 0.3) is 0 Å². The number of nitrogens with zero attached hydrogens (tertiary/aromatic N) is 4. The zero-order valence-electron chi connectivity index (χ0n) is 23.8. The predicted molar refractivity (Wildman–Crippen MR) is 159 cm³/mol. The summed E-state index contributed by atoms with van der Waals surface area (Å²) >= 11 is 0. The zero-order chi connectivity index (χ0) is 30.5. The highest BCUT2D eigenvalue weighted by molar-refractivity contribution is 6.16. The van der Waals surface area contributed by atoms with Gasteiger partial charge in [0, 0.05) is 49.3 Å². The predicted octanol–water partition coefficient (Wildman–Crippen LogP) is 4.59. The van der Waals surface area contributed by atoms with E-state index >= 15 is 4.39 Å². The van der Waals surface area contributed by atoms with Crippen LogP contribution in [0.15, 0.2) is 60.9 Å². The summed E-state index contributed by atoms with van der Waals surface area (Å²) in [4.78, 5) is 41.4. The van der Waals surface area contributed by atoms with Gasteiger partial charge in [-0.25, -0.2) is 23.7 Å². The number of benzene rings is 2. The molecule has 1 saturated carbocycles. The first-order valence-electron chi connectivity index (χ1n) is 14.4. The van der Waals surface area contributed by atoms with Crippen molar-refractivity contribution in [1.29, 1.82) is 0 Å². The molecule has 228 valence electrons. The van der Waals surface area contributed by atoms with Crippen molar-refractivity contribution >= 4 is 40.2 Å². The molecule has 3 heterocycles. The molecule has 2 aliphatic rings. The molecule has 2 fully saturated rings. The Morgan fingerprint density at radius 1 is 0.932 bits per heavy atom. The van der Waals surface area contributed by atoms with Gasteiger partial charge < -0.3 is 25.4 Å². The Labute approximate surface area is 252 Å². The minimum atomic E-state index is -1.27. The molecule has 6 rings (SSSR count). The Kier molecular flexibility index (Phi) is 8.57. The van der Waals surface area contributed by atoms with Crippen LogP contribution in [0.5, 0.6) is 11.5 Å². The summed E-state index contributed by atoms with van der Waals surface area (Å²) in [6.07, 6.45) is 4.70. The van der Waals surface area contributed by atoms with Crippen LogP contribution in [0.2, 0.25) is 0 Å². The van der Waals surface area contributed by atoms with Crippen LogP contribution in [0, 0.1) is 17.0 Å². The topological polar surface area (TPSA) is 131 Å². The second-order valence-electron chi connectivity index (χ2n) is 10.7. The molecule has 0 spiro atoms. The maximum absolute atomic E-state index is 15.2. The lowest BCUT2D eigenvalue weighted by Crippen LogP contribution is -2.37. The smallest absolute Gasteiger partial charge is 0.240 e. The number of carbonyl (C=O) groups is 2. The van der Waals surface area contributed by atoms with E-state index in [2.05, 4.69) is 35.8 Å². The number of ether oxygens (including phenoxy) is 2. The van der Waals surface area contributed by atoms with Crippen LogP contribution in [0.4, 0.5) is 26.0 Å². The molecule has 4 aromatic rings. The van der Waals surface area contributed by atoms with Gasteiger partial charge in [0.1, 0.15) is 17.1 Å². The van der Waals surface area contributed by atoms with Crippen LogP contribution in [0.1, 0.15) is 19.3 Å². The number of fused-ring (bicyclic) bond motifs is 1. The van der Waals surface area contributed by atoms with Crippen LogP contribution >= 0.6 is 0 Å². The van der Waals surface area contributed by atoms with Gasteiger partial charge in [0.2, 0.25) is 11.8 Å². The van der Waals surface area contributed by atoms with Gasteiger partial charge in [-0.05, 0) is 62.2 Å². The summed E-state index contributed by atoms with van der Waals surface area (Å²) < 4.78 is 39.6. The molecule has 0 atom stereocenters. The molecule has 0 radical (unpaired) electrons. The van der Waals surface area contributed by atoms with Gasteiger partial charge in [-0.2, -0.15) is 0 Å². The van der Waals surface area contributed by atoms with Gasteiger partial charge in [0.15, 0.2) is 28.5 Å². The molecule has 1 saturated heterocycles. The lowest BCUT2D eigenvalue weighted by Gasteiger charge is -2.26. The van der Waals surface area contributed by atoms with Crippen molar-refractivity contribution < 1.29 is 27.8 Å². The number of pyridine rings is 1. The van der Waals surface area contributed by atoms with E-state index in [4.69, 9.17) is 9.47 Å². The number of anilines is 3. The Morgan fingerprint density at radius 3 is 2.39 bits per heavy atom. The fourth-order valence-electron chi connectivity index (χ4n) is 4.91. The van der Waals surface area contributed by atoms with E-state index in [1.807, 2.05) is 0 Å². The van der Waals surface area contributed by atoms with Crippen molar-refractivity contribution in [2.75, 3.05) is 55.3 Å². The first-order valence-corrected chi connectivity index (χ1v) is 14.4. The monoisotopic (exact) mass is 603 g/mol. The Balaban J connectivity index is 1.08. The second kappa shape index (κ2) is 12.9. The number of morpholine rings is 1. The van der Waals surface area contributed by atoms with Crippen molar-refractivity contribution in [3.8, 4) is 11.5 Å². The van der Waals surface area contributed by atoms with E-state index in [1.165, 1.54) is 42.6 Å². The number of hydrogen-bond acceptors (Lipinski definition) is 9. The number of hydrogen-bond donors (Lipinski definition) is 3. The second-order valence-corrected chi connectivity index (χ2v) is 10.7. The van der Waals surface area contributed by atoms with Crippen LogP contribution in [-0.2, 0) is 14.3 Å². The van der Waals surface area contributed by atoms with E-state index in [0.717, 1.165) is 45.3 Å². The molecule has 44 heavy (non-hydrogen) atoms. The van der Waals surface area contributed by atoms with Gasteiger partial charge >= 0.3 is 0 Å². The fraction of sp³-hybridized carbons (Fsp3) is 0.323. The van der Waals surface area contributed by atoms with E-state index < -0.39 is 28.9 Å². The van der Waals surface area contributed by atoms with E-state index in [0.29, 0.717) is 42.1 Å². The molecule has 2 aromatic heterocycles. The summed E-state index contributed by atoms with van der Waals surface area (Å²) in [6, 6.07) is 10.8. The van der Waals surface area contributed by atoms with Crippen molar-refractivity contribution in [2.24, 2.45) is 5.41 Å². The third-order valence-electron chi connectivity index (χ3n) is 7.60. The molecule has 2 aromatic carbocycles. The van der Waals surface area contributed by atoms with E-state index in [1.54, 1.807) is 12.3 Å². The molecule has 1 aliphatic carbocycles. The van der Waals surface area contributed by atoms with Gasteiger partial charge in [-0.1, -0.05) is 0 Å². The Morgan fingerprint density at radius 2 is 1.66 bits per heavy atom. The lowest BCUT2D eigenvalue weighted by atomic mass is 10.0. The van der Waals surface area contributed by atoms with Crippen molar-refractivity contribution in [3.05, 3.63) is 72.6 Å². The van der Waals surface area contributed by atoms with E-state index in [9.17, 15) is 14.0 Å². The van der Waals surface area contributed by atoms with Crippen molar-refractivity contribution in [1.82, 2.24) is 19.9 Å². The Hall–Kier alpha value is -4.75. The average molecular weight is 604 g/mol. The number of aromatic nitrogens is 3. The maximum Gasteiger partial charge on any atom is 0.240 e. The number of carbonyl (C=O) groups excluding carboxylic acids is 2. The summed E-state index contributed by atoms with van der Waals surface area (Å²) in [5.41, 5.74) is -0.0144. The number of rotatable bonds is 11. The quantitative estimate of drug-likeness (QED) is 0.167. The molecule has 3 N–H and O–H groups in total. The number of halogens is 2. The standard InChI is InChI=1S/C31H31F2N7O4/c32-20-2-4-21(5-3-20)37-29(41)31(9-10-31)30(42)38-22-6-7-24(23(33)18-22)44-25-8-12-35-28-27(25)39-26(19-36-28)34-11-1-13-40-14-16-43-17-15-40/h2-8,12,18-19H,1,9-11,13-17H2,(H,34,39)(H,37,41)(H,38,42). The molecule has 11 nitrogen and oxygen atoms in total. The van der Waals surface area contributed by atoms with Crippen molar-refractivity contribution in [3.63, 3.8) is 0 Å². The fourth-order valence-corrected chi connectivity index (χ4v) is 4.91. The summed E-state index contributed by atoms with van der Waals surface area (Å²) in [5.74, 6) is -1.48. The normalized spacial score (nSPS) is 15.9. The molecular formula is C31H31F2N7O4. The minimum Gasteiger partial charge on any atom is -0.452 e. The third-order valence-corrected chi connectivity index (χ3v) is 7.60. The summed E-state index contributed by atoms with van der Waals surface area (Å²) in [5, 5.41) is 8.55. The highest BCUT2D eigenvalue weighted by atomic mass is 19.1. The molecular weight excluding hydrogens is 572 g/mol. The number of nitrogens with one attached hydrogen (secondary N) is 3. The van der Waals surface area contributed by atoms with Crippen LogP contribution < -0.4 is 20.7 Å². The molecule has 13 heteroatoms. The molecule has 0 bridgehead atoms. The maximum atomic E-state index is 15.2. The van der Waals surface area contributed by atoms with Gasteiger partial charge in [0.05, 0.1) is 19.4 Å². The first-order chi connectivity index (χ1) is 21.4. The van der Waals surface area contributed by atoms with Crippen LogP contribution in [0.3, 0.4) is 0 Å². The molecule has 0 unspecified atom stereocenters. The van der Waals surface area contributed by atoms with Gasteiger partial charge in [-0.15, -0.1) is 0 Å². The highest BCUT2D eigenvalue weighted by Gasteiger charge is 2.56. The molecule has 1 aliphatic heterocycles. The molecule has 2 amide bonds. The minimum absolute atomic E-state index is 0.0867. The lowest BCUT2D eigenvalue weighted by molar-refractivity contribution is -0.131. The largest absolute Gasteiger partial charge is 0.452 e. The SMILES string of the molecule is O=C(Nc1ccc(F)cc1)C1(C(=O)Nc2ccc(Oc3ccnc4ncc(NCCCN5CCOCC5)nc34)c(F)c2)CC1. The van der Waals surface area contributed by atoms with Crippen LogP contribution in [-0.4, -0.2) is 71.1 Å². The summed E-state index contributed by atoms with van der Waals surface area (Å²) in [6.45, 7) is 5.04. The summed E-state index contributed by atoms with van der Waals surface area (Å²) in [7, 11) is 0. The Bertz CT molecular complexity index is 1660. The van der Waals surface area contributed by atoms with E-state index in [-0.39, 0.29) is 17.2 Å². The number of amides is 2.